The van der Waals surface area contributed by atoms with Crippen LogP contribution in [0.4, 0.5) is 0 Å². The minimum absolute atomic E-state index is 0. The van der Waals surface area contributed by atoms with Crippen LogP contribution in [0, 0.1) is 35.2 Å². The van der Waals surface area contributed by atoms with E-state index in [4.69, 9.17) is 0 Å². The molecule has 5 aliphatic rings. The Morgan fingerprint density at radius 3 is 1.53 bits per heavy atom. The summed E-state index contributed by atoms with van der Waals surface area (Å²) >= 11 is 1.55. The second-order valence-electron chi connectivity index (χ2n) is 17.1. The molecule has 0 saturated heterocycles. The molecule has 5 aliphatic carbocycles. The zero-order valence-corrected chi connectivity index (χ0v) is 33.6. The molecule has 1 unspecified atom stereocenters. The van der Waals surface area contributed by atoms with Gasteiger partial charge in [0.05, 0.1) is 0 Å². The average Bonchev–Trinajstić information content (AvgIpc) is 3.39. The molecule has 3 aromatic rings. The average molecular weight is 723 g/mol. The van der Waals surface area contributed by atoms with Crippen molar-refractivity contribution in [2.24, 2.45) is 29.1 Å². The van der Waals surface area contributed by atoms with E-state index in [0.717, 1.165) is 17.8 Å². The second-order valence-corrected chi connectivity index (χ2v) is 19.6. The summed E-state index contributed by atoms with van der Waals surface area (Å²) in [5.41, 5.74) is 7.01. The van der Waals surface area contributed by atoms with E-state index < -0.39 is 0 Å². The second kappa shape index (κ2) is 14.7. The quantitative estimate of drug-likeness (QED) is 0.286. The van der Waals surface area contributed by atoms with Crippen LogP contribution in [0.5, 0.6) is 0 Å². The molecule has 8 rings (SSSR count). The van der Waals surface area contributed by atoms with Crippen molar-refractivity contribution in [1.82, 2.24) is 0 Å². The van der Waals surface area contributed by atoms with Crippen molar-refractivity contribution in [3.05, 3.63) is 76.9 Å². The Morgan fingerprint density at radius 1 is 0.800 bits per heavy atom. The van der Waals surface area contributed by atoms with E-state index in [0.29, 0.717) is 11.3 Å². The number of hydrogen-bond acceptors (Lipinski definition) is 0. The van der Waals surface area contributed by atoms with Crippen molar-refractivity contribution >= 4 is 24.8 Å². The third-order valence-corrected chi connectivity index (χ3v) is 10.5. The first-order valence-electron chi connectivity index (χ1n) is 17.0. The summed E-state index contributed by atoms with van der Waals surface area (Å²) in [4.78, 5) is 0. The van der Waals surface area contributed by atoms with Crippen LogP contribution in [0.3, 0.4) is 0 Å². The van der Waals surface area contributed by atoms with Gasteiger partial charge in [-0.25, -0.2) is 5.57 Å². The van der Waals surface area contributed by atoms with Crippen LogP contribution < -0.4 is 24.8 Å². The summed E-state index contributed by atoms with van der Waals surface area (Å²) in [6.07, 6.45) is 16.7. The molecule has 0 N–H and O–H groups in total. The molecule has 0 spiro atoms. The molecule has 4 fully saturated rings. The molecule has 0 aliphatic heterocycles. The summed E-state index contributed by atoms with van der Waals surface area (Å²) in [5.74, 6) is 3.82. The molecule has 45 heavy (non-hydrogen) atoms. The summed E-state index contributed by atoms with van der Waals surface area (Å²) in [5, 5.41) is 5.48. The van der Waals surface area contributed by atoms with Gasteiger partial charge in [-0.05, 0) is 72.5 Å². The zero-order valence-electron chi connectivity index (χ0n) is 29.6. The van der Waals surface area contributed by atoms with Crippen LogP contribution in [0.2, 0.25) is 0 Å². The Balaban J connectivity index is 0.000000213. The van der Waals surface area contributed by atoms with Crippen LogP contribution in [0.25, 0.3) is 21.5 Å². The maximum Gasteiger partial charge on any atom is -1.00 e. The van der Waals surface area contributed by atoms with E-state index >= 15 is 0 Å². The zero-order chi connectivity index (χ0) is 31.3. The van der Waals surface area contributed by atoms with Crippen molar-refractivity contribution in [1.29, 1.82) is 0 Å². The summed E-state index contributed by atoms with van der Waals surface area (Å²) in [6, 6.07) is 16.2. The van der Waals surface area contributed by atoms with Gasteiger partial charge in [0.2, 0.25) is 0 Å². The van der Waals surface area contributed by atoms with Gasteiger partial charge in [0.15, 0.2) is 0 Å². The molecule has 0 radical (unpaired) electrons. The van der Waals surface area contributed by atoms with E-state index in [1.807, 2.05) is 0 Å². The van der Waals surface area contributed by atoms with Gasteiger partial charge in [-0.2, -0.15) is 11.6 Å². The molecule has 4 bridgehead atoms. The maximum atomic E-state index is 3.57. The predicted octanol–water partition coefficient (Wildman–Crippen LogP) is 5.98. The van der Waals surface area contributed by atoms with Gasteiger partial charge in [-0.3, -0.25) is 6.08 Å². The summed E-state index contributed by atoms with van der Waals surface area (Å²) < 4.78 is 1.51. The molecule has 3 aromatic carbocycles. The maximum absolute atomic E-state index is 3.57. The van der Waals surface area contributed by atoms with Crippen LogP contribution >= 0.6 is 0 Å². The Hall–Kier alpha value is -0.877. The molecular formula is C42H56Cl2Zr-2. The minimum Gasteiger partial charge on any atom is -1.00 e. The summed E-state index contributed by atoms with van der Waals surface area (Å²) in [7, 11) is 0. The topological polar surface area (TPSA) is 0 Å². The number of rotatable bonds is 2. The minimum atomic E-state index is 0. The Kier molecular flexibility index (Phi) is 12.6. The predicted molar refractivity (Wildman–Crippen MR) is 186 cm³/mol. The van der Waals surface area contributed by atoms with Crippen LogP contribution in [0.1, 0.15) is 125 Å². The molecule has 3 heteroatoms. The molecule has 0 nitrogen and oxygen atoms in total. The van der Waals surface area contributed by atoms with Crippen LogP contribution in [-0.4, -0.2) is 3.21 Å². The monoisotopic (exact) mass is 720 g/mol. The van der Waals surface area contributed by atoms with E-state index in [-0.39, 0.29) is 35.6 Å². The first kappa shape index (κ1) is 38.6. The van der Waals surface area contributed by atoms with Crippen LogP contribution in [-0.2, 0) is 35.1 Å². The fourth-order valence-corrected chi connectivity index (χ4v) is 8.96. The van der Waals surface area contributed by atoms with E-state index in [1.165, 1.54) is 47.9 Å². The smallest absolute Gasteiger partial charge is 1.00 e. The van der Waals surface area contributed by atoms with Gasteiger partial charge in [-0.1, -0.05) is 103 Å². The van der Waals surface area contributed by atoms with Crippen molar-refractivity contribution in [2.75, 3.05) is 0 Å². The van der Waals surface area contributed by atoms with Crippen LogP contribution in [0.15, 0.2) is 59.7 Å². The van der Waals surface area contributed by atoms with Gasteiger partial charge in [0, 0.05) is 0 Å². The summed E-state index contributed by atoms with van der Waals surface area (Å²) in [6.45, 7) is 22.4. The van der Waals surface area contributed by atoms with Crippen molar-refractivity contribution in [3.63, 3.8) is 0 Å². The molecule has 0 amide bonds. The van der Waals surface area contributed by atoms with E-state index in [1.54, 1.807) is 68.3 Å². The van der Waals surface area contributed by atoms with E-state index in [9.17, 15) is 0 Å². The Bertz CT molecular complexity index is 1440. The number of halogens is 2. The third-order valence-electron chi connectivity index (χ3n) is 10.5. The largest absolute Gasteiger partial charge is 1.00 e. The van der Waals surface area contributed by atoms with Crippen molar-refractivity contribution in [2.45, 2.75) is 125 Å². The van der Waals surface area contributed by atoms with Gasteiger partial charge in [0.1, 0.15) is 0 Å². The molecule has 4 saturated carbocycles. The molecule has 0 aromatic heterocycles. The Morgan fingerprint density at radius 2 is 1.20 bits per heavy atom. The molecule has 244 valence electrons. The normalized spacial score (nSPS) is 26.6. The molecule has 1 atom stereocenters. The Labute approximate surface area is 302 Å². The number of hydrogen-bond donors (Lipinski definition) is 0. The first-order valence-corrected chi connectivity index (χ1v) is 18.2. The van der Waals surface area contributed by atoms with Gasteiger partial charge >= 0.3 is 41.3 Å². The van der Waals surface area contributed by atoms with E-state index in [2.05, 4.69) is 124 Å². The van der Waals surface area contributed by atoms with Crippen molar-refractivity contribution in [3.8, 4) is 0 Å². The SMILES string of the molecule is CC(C)(C)c1ccc2c(c1)[cH-]c1cc(C(C)(C)C)ccc12.CC1=[C-]C(C)C=C1CC12CC3CC(CC(C3)C1)C2.C[C](C)=[Zr+2].[Cl-].[Cl-]. The molecule has 0 heterocycles. The fraction of sp³-hybridized carbons (Fsp3) is 0.571. The fourth-order valence-electron chi connectivity index (χ4n) is 8.96. The first-order chi connectivity index (χ1) is 20.0. The molecular weight excluding hydrogens is 667 g/mol. The van der Waals surface area contributed by atoms with Gasteiger partial charge in [0.25, 0.3) is 0 Å². The van der Waals surface area contributed by atoms with Gasteiger partial charge < -0.3 is 24.8 Å². The number of benzene rings is 2. The van der Waals surface area contributed by atoms with Crippen molar-refractivity contribution < 1.29 is 49.0 Å². The third kappa shape index (κ3) is 9.18. The number of fused-ring (bicyclic) bond motifs is 3. The number of allylic oxidation sites excluding steroid dienone is 4. The van der Waals surface area contributed by atoms with Gasteiger partial charge in [-0.15, -0.1) is 39.7 Å². The standard InChI is InChI=1S/C21H25.C18H25.C3H6.2ClH.Zr/c1-20(2,3)16-7-9-18-14(12-16)11-15-13-17(21(4,5)6)8-10-19(15)18;1-12-3-13(2)17(4-12)11-18-8-14-5-15(9-18)7-16(6-14)10-18;1-3-2;;;/h7-13H,1-6H3;4,12,14-16H,5-11H2,1-2H3;1-2H3;2*1H;/q2*-1;;;;+2/p-2.